The van der Waals surface area contributed by atoms with E-state index >= 15 is 0 Å². The molecule has 2 heterocycles. The van der Waals surface area contributed by atoms with Gasteiger partial charge in [-0.25, -0.2) is 8.78 Å². The highest BCUT2D eigenvalue weighted by Crippen LogP contribution is 2.40. The normalized spacial score (nSPS) is 19.1. The second kappa shape index (κ2) is 8.47. The number of hydrogen-bond acceptors (Lipinski definition) is 5. The number of fused-ring (bicyclic) bond motifs is 1. The third kappa shape index (κ3) is 4.11. The maximum Gasteiger partial charge on any atom is 0.125 e. The summed E-state index contributed by atoms with van der Waals surface area (Å²) in [4.78, 5) is 20.3. The Labute approximate surface area is 170 Å². The number of carbonyl (C=O) groups is 1. The predicted octanol–water partition coefficient (Wildman–Crippen LogP) is 3.09. The lowest BCUT2D eigenvalue weighted by Crippen LogP contribution is -2.57. The van der Waals surface area contributed by atoms with Crippen LogP contribution in [-0.2, 0) is 4.79 Å². The van der Waals surface area contributed by atoms with Crippen LogP contribution in [0.2, 0.25) is 0 Å². The Hall–Kier alpha value is -2.51. The molecule has 29 heavy (non-hydrogen) atoms. The number of carbonyl (C=O) groups excluding carboxylic acids is 1. The molecule has 0 aromatic heterocycles. The minimum Gasteiger partial charge on any atom is -0.352 e. The van der Waals surface area contributed by atoms with Crippen LogP contribution in [0.25, 0.3) is 0 Å². The standard InChI is InChI=1S/C22H26F2N4O/c1-25-9-11-26(12-10-25)22(8-15-29)28-14-13-27(19-5-2-17(23)3-6-19)21-16-18(24)4-7-20(21)28/h2-7,15-16,22H,8-14H2,1H3. The maximum atomic E-state index is 14.1. The zero-order chi connectivity index (χ0) is 20.4. The molecule has 154 valence electrons. The Morgan fingerprint density at radius 1 is 0.897 bits per heavy atom. The average Bonchev–Trinajstić information content (AvgIpc) is 2.73. The molecule has 2 aliphatic rings. The van der Waals surface area contributed by atoms with Crippen LogP contribution in [0.15, 0.2) is 42.5 Å². The molecule has 0 saturated carbocycles. The van der Waals surface area contributed by atoms with E-state index in [4.69, 9.17) is 0 Å². The number of likely N-dealkylation sites (N-methyl/N-ethyl adjacent to an activating group) is 1. The number of halogens is 2. The Morgan fingerprint density at radius 2 is 1.59 bits per heavy atom. The molecular weight excluding hydrogens is 374 g/mol. The van der Waals surface area contributed by atoms with Crippen LogP contribution < -0.4 is 9.80 Å². The number of rotatable bonds is 5. The molecule has 0 N–H and O–H groups in total. The summed E-state index contributed by atoms with van der Waals surface area (Å²) in [7, 11) is 2.10. The van der Waals surface area contributed by atoms with E-state index in [9.17, 15) is 13.6 Å². The van der Waals surface area contributed by atoms with Gasteiger partial charge in [-0.2, -0.15) is 0 Å². The van der Waals surface area contributed by atoms with Crippen molar-refractivity contribution in [2.45, 2.75) is 12.6 Å². The maximum absolute atomic E-state index is 14.1. The van der Waals surface area contributed by atoms with Crippen LogP contribution in [-0.4, -0.2) is 68.6 Å². The number of aldehydes is 1. The lowest BCUT2D eigenvalue weighted by molar-refractivity contribution is -0.109. The first-order chi connectivity index (χ1) is 14.1. The smallest absolute Gasteiger partial charge is 0.125 e. The summed E-state index contributed by atoms with van der Waals surface area (Å²) in [6.07, 6.45) is 1.32. The van der Waals surface area contributed by atoms with Crippen LogP contribution in [0.5, 0.6) is 0 Å². The highest BCUT2D eigenvalue weighted by molar-refractivity contribution is 5.80. The van der Waals surface area contributed by atoms with E-state index in [1.54, 1.807) is 18.2 Å². The Bertz CT molecular complexity index is 852. The van der Waals surface area contributed by atoms with Crippen LogP contribution in [0.4, 0.5) is 25.8 Å². The molecule has 5 nitrogen and oxygen atoms in total. The fourth-order valence-electron chi connectivity index (χ4n) is 4.28. The van der Waals surface area contributed by atoms with Crippen molar-refractivity contribution in [3.05, 3.63) is 54.1 Å². The molecule has 2 aromatic carbocycles. The van der Waals surface area contributed by atoms with Gasteiger partial charge in [-0.15, -0.1) is 0 Å². The second-order valence-electron chi connectivity index (χ2n) is 7.68. The van der Waals surface area contributed by atoms with Gasteiger partial charge in [-0.3, -0.25) is 4.90 Å². The average molecular weight is 400 g/mol. The topological polar surface area (TPSA) is 30.0 Å². The Kier molecular flexibility index (Phi) is 5.78. The van der Waals surface area contributed by atoms with Crippen molar-refractivity contribution in [3.63, 3.8) is 0 Å². The summed E-state index contributed by atoms with van der Waals surface area (Å²) in [6.45, 7) is 5.03. The number of piperazine rings is 1. The third-order valence-electron chi connectivity index (χ3n) is 5.87. The van der Waals surface area contributed by atoms with Gasteiger partial charge in [0.1, 0.15) is 17.9 Å². The van der Waals surface area contributed by atoms with Crippen LogP contribution in [0.3, 0.4) is 0 Å². The first kappa shape index (κ1) is 19.8. The van der Waals surface area contributed by atoms with Gasteiger partial charge < -0.3 is 19.5 Å². The summed E-state index contributed by atoms with van der Waals surface area (Å²) < 4.78 is 27.5. The number of anilines is 3. The highest BCUT2D eigenvalue weighted by atomic mass is 19.1. The zero-order valence-corrected chi connectivity index (χ0v) is 16.6. The largest absolute Gasteiger partial charge is 0.352 e. The summed E-state index contributed by atoms with van der Waals surface area (Å²) in [5, 5.41) is 0. The van der Waals surface area contributed by atoms with E-state index in [2.05, 4.69) is 21.7 Å². The third-order valence-corrected chi connectivity index (χ3v) is 5.87. The van der Waals surface area contributed by atoms with Gasteiger partial charge in [0, 0.05) is 51.4 Å². The molecule has 1 fully saturated rings. The molecule has 0 bridgehead atoms. The molecule has 2 aliphatic heterocycles. The summed E-state index contributed by atoms with van der Waals surface area (Å²) in [6, 6.07) is 11.0. The quantitative estimate of drug-likeness (QED) is 0.720. The van der Waals surface area contributed by atoms with Gasteiger partial charge in [0.25, 0.3) is 0 Å². The minimum absolute atomic E-state index is 0.0548. The van der Waals surface area contributed by atoms with E-state index in [0.29, 0.717) is 19.5 Å². The molecule has 0 amide bonds. The molecule has 2 aromatic rings. The van der Waals surface area contributed by atoms with Crippen molar-refractivity contribution in [1.82, 2.24) is 9.80 Å². The fraction of sp³-hybridized carbons (Fsp3) is 0.409. The van der Waals surface area contributed by atoms with E-state index in [0.717, 1.165) is 49.5 Å². The van der Waals surface area contributed by atoms with Gasteiger partial charge in [0.05, 0.1) is 17.5 Å². The molecule has 7 heteroatoms. The number of benzene rings is 2. The Morgan fingerprint density at radius 3 is 2.28 bits per heavy atom. The molecular formula is C22H26F2N4O. The SMILES string of the molecule is CN1CCN(C(CC=O)N2CCN(c3ccc(F)cc3)c3cc(F)ccc32)CC1. The molecule has 4 rings (SSSR count). The predicted molar refractivity (Wildman–Crippen MR) is 111 cm³/mol. The first-order valence-electron chi connectivity index (χ1n) is 10.0. The molecule has 1 atom stereocenters. The van der Waals surface area contributed by atoms with E-state index in [1.165, 1.54) is 24.3 Å². The van der Waals surface area contributed by atoms with Crippen molar-refractivity contribution in [1.29, 1.82) is 0 Å². The van der Waals surface area contributed by atoms with E-state index < -0.39 is 0 Å². The lowest BCUT2D eigenvalue weighted by atomic mass is 10.1. The van der Waals surface area contributed by atoms with Crippen molar-refractivity contribution < 1.29 is 13.6 Å². The second-order valence-corrected chi connectivity index (χ2v) is 7.68. The lowest BCUT2D eigenvalue weighted by Gasteiger charge is -2.47. The van der Waals surface area contributed by atoms with E-state index in [1.807, 2.05) is 4.90 Å². The van der Waals surface area contributed by atoms with Gasteiger partial charge in [-0.05, 0) is 49.5 Å². The molecule has 1 unspecified atom stereocenters. The number of hydrogen-bond donors (Lipinski definition) is 0. The van der Waals surface area contributed by atoms with E-state index in [-0.39, 0.29) is 17.8 Å². The summed E-state index contributed by atoms with van der Waals surface area (Å²) in [5.41, 5.74) is 2.46. The first-order valence-corrected chi connectivity index (χ1v) is 10.0. The fourth-order valence-corrected chi connectivity index (χ4v) is 4.28. The summed E-state index contributed by atoms with van der Waals surface area (Å²) >= 11 is 0. The minimum atomic E-state index is -0.316. The van der Waals surface area contributed by atoms with Crippen LogP contribution >= 0.6 is 0 Å². The van der Waals surface area contributed by atoms with Crippen molar-refractivity contribution in [2.24, 2.45) is 0 Å². The van der Waals surface area contributed by atoms with Crippen LogP contribution in [0, 0.1) is 11.6 Å². The van der Waals surface area contributed by atoms with Gasteiger partial charge >= 0.3 is 0 Å². The monoisotopic (exact) mass is 400 g/mol. The number of nitrogens with zero attached hydrogens (tertiary/aromatic N) is 4. The molecule has 1 saturated heterocycles. The van der Waals surface area contributed by atoms with Crippen molar-refractivity contribution in [3.8, 4) is 0 Å². The summed E-state index contributed by atoms with van der Waals surface area (Å²) in [5.74, 6) is -0.614. The van der Waals surface area contributed by atoms with Gasteiger partial charge in [0.15, 0.2) is 0 Å². The highest BCUT2D eigenvalue weighted by Gasteiger charge is 2.33. The van der Waals surface area contributed by atoms with Crippen molar-refractivity contribution >= 4 is 23.3 Å². The molecule has 0 radical (unpaired) electrons. The molecule has 0 spiro atoms. The van der Waals surface area contributed by atoms with Gasteiger partial charge in [-0.1, -0.05) is 0 Å². The van der Waals surface area contributed by atoms with Crippen molar-refractivity contribution in [2.75, 3.05) is 56.1 Å². The van der Waals surface area contributed by atoms with Gasteiger partial charge in [0.2, 0.25) is 0 Å². The zero-order valence-electron chi connectivity index (χ0n) is 16.6. The Balaban J connectivity index is 1.68. The molecule has 0 aliphatic carbocycles. The van der Waals surface area contributed by atoms with Crippen LogP contribution in [0.1, 0.15) is 6.42 Å².